The van der Waals surface area contributed by atoms with E-state index in [2.05, 4.69) is 84.0 Å². The third-order valence-electron chi connectivity index (χ3n) is 6.09. The second kappa shape index (κ2) is 7.22. The summed E-state index contributed by atoms with van der Waals surface area (Å²) in [5.74, 6) is 0.861. The van der Waals surface area contributed by atoms with Crippen LogP contribution in [0.1, 0.15) is 78.4 Å². The Morgan fingerprint density at radius 1 is 0.846 bits per heavy atom. The number of hydrogen-bond donors (Lipinski definition) is 0. The Morgan fingerprint density at radius 3 is 2.15 bits per heavy atom. The van der Waals surface area contributed by atoms with E-state index in [1.807, 2.05) is 0 Å². The lowest BCUT2D eigenvalue weighted by atomic mass is 9.76. The lowest BCUT2D eigenvalue weighted by Gasteiger charge is -2.29. The minimum Gasteiger partial charge on any atom is -0.0845 e. The molecule has 1 unspecified atom stereocenters. The average Bonchev–Trinajstić information content (AvgIpc) is 2.58. The molecule has 1 atom stereocenters. The molecule has 0 saturated heterocycles. The zero-order chi connectivity index (χ0) is 18.9. The van der Waals surface area contributed by atoms with Gasteiger partial charge in [0.25, 0.3) is 0 Å². The minimum atomic E-state index is 0.216. The Hall–Kier alpha value is -1.56. The first kappa shape index (κ1) is 19.2. The predicted molar refractivity (Wildman–Crippen MR) is 116 cm³/mol. The fourth-order valence-electron chi connectivity index (χ4n) is 4.12. The number of rotatable bonds is 3. The average molecular weight is 349 g/mol. The van der Waals surface area contributed by atoms with E-state index in [9.17, 15) is 0 Å². The van der Waals surface area contributed by atoms with E-state index >= 15 is 0 Å². The molecule has 0 saturated carbocycles. The molecule has 0 fully saturated rings. The summed E-state index contributed by atoms with van der Waals surface area (Å²) in [4.78, 5) is 0. The smallest absolute Gasteiger partial charge is 0.0132 e. The molecule has 0 aliphatic heterocycles. The Morgan fingerprint density at radius 2 is 1.54 bits per heavy atom. The molecular weight excluding hydrogens is 312 g/mol. The van der Waals surface area contributed by atoms with Crippen molar-refractivity contribution < 1.29 is 0 Å². The standard InChI is InChI=1S/C26H36/c1-25(2,3)23-14-10-19(11-15-23)7-8-20-9-12-22-18-24(26(4,5)6)16-13-21(22)17-20/h9,12-14,16-19H,7-8,10-11,15H2,1-6H3. The second-order valence-corrected chi connectivity index (χ2v) is 10.3. The van der Waals surface area contributed by atoms with E-state index in [0.29, 0.717) is 5.41 Å². The maximum Gasteiger partial charge on any atom is -0.0132 e. The van der Waals surface area contributed by atoms with Crippen molar-refractivity contribution in [1.29, 1.82) is 0 Å². The first-order valence-electron chi connectivity index (χ1n) is 10.4. The highest BCUT2D eigenvalue weighted by Crippen LogP contribution is 2.36. The van der Waals surface area contributed by atoms with Crippen LogP contribution in [0.25, 0.3) is 10.8 Å². The molecule has 0 nitrogen and oxygen atoms in total. The minimum absolute atomic E-state index is 0.216. The molecule has 3 rings (SSSR count). The van der Waals surface area contributed by atoms with Crippen LogP contribution < -0.4 is 0 Å². The lowest BCUT2D eigenvalue weighted by Crippen LogP contribution is -2.16. The summed E-state index contributed by atoms with van der Waals surface area (Å²) in [7, 11) is 0. The van der Waals surface area contributed by atoms with Crippen LogP contribution in [0.3, 0.4) is 0 Å². The predicted octanol–water partition coefficient (Wildman–Crippen LogP) is 7.84. The number of fused-ring (bicyclic) bond motifs is 1. The molecule has 0 amide bonds. The largest absolute Gasteiger partial charge is 0.0845 e. The number of aryl methyl sites for hydroxylation is 1. The van der Waals surface area contributed by atoms with E-state index in [-0.39, 0.29) is 5.41 Å². The Kier molecular flexibility index (Phi) is 5.33. The number of benzene rings is 2. The van der Waals surface area contributed by atoms with Crippen LogP contribution in [-0.2, 0) is 11.8 Å². The second-order valence-electron chi connectivity index (χ2n) is 10.3. The Bertz CT molecular complexity index is 793. The van der Waals surface area contributed by atoms with Crippen molar-refractivity contribution >= 4 is 10.8 Å². The van der Waals surface area contributed by atoms with Crippen molar-refractivity contribution in [2.45, 2.75) is 79.1 Å². The Balaban J connectivity index is 1.64. The summed E-state index contributed by atoms with van der Waals surface area (Å²) < 4.78 is 0. The molecule has 140 valence electrons. The van der Waals surface area contributed by atoms with Crippen molar-refractivity contribution in [3.05, 3.63) is 59.2 Å². The Labute approximate surface area is 160 Å². The van der Waals surface area contributed by atoms with Crippen LogP contribution in [0.2, 0.25) is 0 Å². The molecule has 2 aromatic carbocycles. The molecule has 0 N–H and O–H groups in total. The van der Waals surface area contributed by atoms with Gasteiger partial charge in [0.2, 0.25) is 0 Å². The van der Waals surface area contributed by atoms with Gasteiger partial charge in [0, 0.05) is 0 Å². The highest BCUT2D eigenvalue weighted by molar-refractivity contribution is 5.84. The summed E-state index contributed by atoms with van der Waals surface area (Å²) in [6.45, 7) is 13.9. The molecule has 1 aliphatic carbocycles. The van der Waals surface area contributed by atoms with Gasteiger partial charge >= 0.3 is 0 Å². The highest BCUT2D eigenvalue weighted by atomic mass is 14.3. The molecule has 26 heavy (non-hydrogen) atoms. The van der Waals surface area contributed by atoms with Crippen LogP contribution in [-0.4, -0.2) is 0 Å². The van der Waals surface area contributed by atoms with E-state index in [1.54, 1.807) is 5.57 Å². The third-order valence-corrected chi connectivity index (χ3v) is 6.09. The summed E-state index contributed by atoms with van der Waals surface area (Å²) in [5.41, 5.74) is 5.14. The van der Waals surface area contributed by atoms with Gasteiger partial charge in [0.05, 0.1) is 0 Å². The molecule has 0 aromatic heterocycles. The van der Waals surface area contributed by atoms with Crippen molar-refractivity contribution in [2.24, 2.45) is 11.3 Å². The van der Waals surface area contributed by atoms with E-state index in [4.69, 9.17) is 0 Å². The van der Waals surface area contributed by atoms with Gasteiger partial charge in [-0.25, -0.2) is 0 Å². The van der Waals surface area contributed by atoms with Gasteiger partial charge in [-0.2, -0.15) is 0 Å². The molecule has 1 aliphatic rings. The van der Waals surface area contributed by atoms with Crippen molar-refractivity contribution in [1.82, 2.24) is 0 Å². The molecule has 0 spiro atoms. The van der Waals surface area contributed by atoms with E-state index < -0.39 is 0 Å². The third kappa shape index (κ3) is 4.58. The summed E-state index contributed by atoms with van der Waals surface area (Å²) in [6.07, 6.45) is 8.99. The molecule has 0 radical (unpaired) electrons. The van der Waals surface area contributed by atoms with Gasteiger partial charge in [-0.1, -0.05) is 89.6 Å². The molecule has 2 aromatic rings. The zero-order valence-corrected chi connectivity index (χ0v) is 17.7. The molecule has 0 heteroatoms. The van der Waals surface area contributed by atoms with Crippen molar-refractivity contribution in [3.8, 4) is 0 Å². The maximum absolute atomic E-state index is 2.53. The quantitative estimate of drug-likeness (QED) is 0.495. The number of allylic oxidation sites excluding steroid dienone is 2. The lowest BCUT2D eigenvalue weighted by molar-refractivity contribution is 0.388. The van der Waals surface area contributed by atoms with E-state index in [0.717, 1.165) is 5.92 Å². The first-order valence-corrected chi connectivity index (χ1v) is 10.4. The van der Waals surface area contributed by atoms with E-state index in [1.165, 1.54) is 54.0 Å². The van der Waals surface area contributed by atoms with Gasteiger partial charge in [0.1, 0.15) is 0 Å². The van der Waals surface area contributed by atoms with Crippen molar-refractivity contribution in [3.63, 3.8) is 0 Å². The topological polar surface area (TPSA) is 0 Å². The number of hydrogen-bond acceptors (Lipinski definition) is 0. The van der Waals surface area contributed by atoms with Gasteiger partial charge in [-0.05, 0) is 70.8 Å². The van der Waals surface area contributed by atoms with Crippen LogP contribution in [0.5, 0.6) is 0 Å². The highest BCUT2D eigenvalue weighted by Gasteiger charge is 2.22. The van der Waals surface area contributed by atoms with Crippen LogP contribution in [0.15, 0.2) is 48.0 Å². The van der Waals surface area contributed by atoms with Crippen LogP contribution >= 0.6 is 0 Å². The normalized spacial score (nSPS) is 18.8. The monoisotopic (exact) mass is 348 g/mol. The fraction of sp³-hybridized carbons (Fsp3) is 0.538. The fourth-order valence-corrected chi connectivity index (χ4v) is 4.12. The van der Waals surface area contributed by atoms with Crippen LogP contribution in [0, 0.1) is 11.3 Å². The zero-order valence-electron chi connectivity index (χ0n) is 17.7. The summed E-state index contributed by atoms with van der Waals surface area (Å²) >= 11 is 0. The summed E-state index contributed by atoms with van der Waals surface area (Å²) in [5, 5.41) is 2.76. The van der Waals surface area contributed by atoms with Gasteiger partial charge in [-0.15, -0.1) is 0 Å². The first-order chi connectivity index (χ1) is 12.1. The molecule has 0 heterocycles. The van der Waals surface area contributed by atoms with Gasteiger partial charge < -0.3 is 0 Å². The SMILES string of the molecule is CC(C)(C)C1=CCC(CCc2ccc3cc(C(C)(C)C)ccc3c2)CC1. The summed E-state index contributed by atoms with van der Waals surface area (Å²) in [6, 6.07) is 14.0. The van der Waals surface area contributed by atoms with Gasteiger partial charge in [0.15, 0.2) is 0 Å². The maximum atomic E-state index is 2.53. The molecular formula is C26H36. The van der Waals surface area contributed by atoms with Gasteiger partial charge in [-0.3, -0.25) is 0 Å². The van der Waals surface area contributed by atoms with Crippen LogP contribution in [0.4, 0.5) is 0 Å². The van der Waals surface area contributed by atoms with Crippen molar-refractivity contribution in [2.75, 3.05) is 0 Å². The molecule has 0 bridgehead atoms.